The van der Waals surface area contributed by atoms with E-state index < -0.39 is 0 Å². The highest BCUT2D eigenvalue weighted by Gasteiger charge is 2.45. The molecule has 1 aromatic heterocycles. The summed E-state index contributed by atoms with van der Waals surface area (Å²) < 4.78 is 7.59. The van der Waals surface area contributed by atoms with Crippen LogP contribution >= 0.6 is 0 Å². The fourth-order valence-electron chi connectivity index (χ4n) is 5.10. The van der Waals surface area contributed by atoms with E-state index in [0.717, 1.165) is 56.1 Å². The number of benzene rings is 1. The number of hydrogen-bond donors (Lipinski definition) is 1. The van der Waals surface area contributed by atoms with Gasteiger partial charge in [-0.15, -0.1) is 0 Å². The number of fused-ring (bicyclic) bond motifs is 1. The first-order chi connectivity index (χ1) is 12.5. The highest BCUT2D eigenvalue weighted by atomic mass is 16.5. The summed E-state index contributed by atoms with van der Waals surface area (Å²) in [7, 11) is 0. The molecule has 0 radical (unpaired) electrons. The summed E-state index contributed by atoms with van der Waals surface area (Å²) in [5.74, 6) is 0.719. The number of nitrogens with zero attached hydrogens (tertiary/aromatic N) is 2. The molecule has 1 N–H and O–H groups in total. The van der Waals surface area contributed by atoms with Gasteiger partial charge < -0.3 is 9.72 Å². The van der Waals surface area contributed by atoms with Gasteiger partial charge in [-0.1, -0.05) is 6.07 Å². The standard InChI is InChI=1S/C21H31N3O2/c1-4-26-14-16-12-21(3,13-16)23-9-7-17(8-10-23)24-19-11-15(2)5-6-18(19)22-20(24)25/h5-6,11,16-17H,4,7-10,12-14H2,1-3H3,(H,22,25). The van der Waals surface area contributed by atoms with Crippen LogP contribution in [-0.4, -0.2) is 46.3 Å². The van der Waals surface area contributed by atoms with E-state index in [-0.39, 0.29) is 5.69 Å². The minimum absolute atomic E-state index is 0.0377. The average Bonchev–Trinajstić information content (AvgIpc) is 2.93. The van der Waals surface area contributed by atoms with Gasteiger partial charge in [-0.3, -0.25) is 9.47 Å². The van der Waals surface area contributed by atoms with Gasteiger partial charge in [0.1, 0.15) is 0 Å². The topological polar surface area (TPSA) is 50.3 Å². The summed E-state index contributed by atoms with van der Waals surface area (Å²) in [5, 5.41) is 0. The van der Waals surface area contributed by atoms with Crippen LogP contribution in [0.4, 0.5) is 0 Å². The van der Waals surface area contributed by atoms with Crippen molar-refractivity contribution in [3.8, 4) is 0 Å². The normalized spacial score (nSPS) is 27.7. The lowest BCUT2D eigenvalue weighted by atomic mass is 9.68. The second kappa shape index (κ2) is 6.86. The predicted molar refractivity (Wildman–Crippen MR) is 105 cm³/mol. The molecular formula is C21H31N3O2. The number of hydrogen-bond acceptors (Lipinski definition) is 3. The van der Waals surface area contributed by atoms with E-state index in [9.17, 15) is 4.79 Å². The smallest absolute Gasteiger partial charge is 0.326 e. The van der Waals surface area contributed by atoms with E-state index in [0.29, 0.717) is 11.6 Å². The zero-order valence-corrected chi connectivity index (χ0v) is 16.3. The van der Waals surface area contributed by atoms with Crippen LogP contribution in [0.1, 0.15) is 51.1 Å². The Kier molecular flexibility index (Phi) is 4.70. The number of aryl methyl sites for hydroxylation is 1. The van der Waals surface area contributed by atoms with Gasteiger partial charge in [0.25, 0.3) is 0 Å². The van der Waals surface area contributed by atoms with Crippen molar-refractivity contribution in [3.05, 3.63) is 34.2 Å². The molecule has 2 heterocycles. The maximum Gasteiger partial charge on any atom is 0.326 e. The molecule has 2 aliphatic rings. The summed E-state index contributed by atoms with van der Waals surface area (Å²) in [6.07, 6.45) is 4.58. The zero-order valence-electron chi connectivity index (χ0n) is 16.3. The largest absolute Gasteiger partial charge is 0.381 e. The maximum absolute atomic E-state index is 12.5. The molecule has 0 bridgehead atoms. The quantitative estimate of drug-likeness (QED) is 0.891. The fraction of sp³-hybridized carbons (Fsp3) is 0.667. The van der Waals surface area contributed by atoms with Gasteiger partial charge in [-0.05, 0) is 70.1 Å². The van der Waals surface area contributed by atoms with Crippen molar-refractivity contribution in [2.24, 2.45) is 5.92 Å². The number of likely N-dealkylation sites (tertiary alicyclic amines) is 1. The Balaban J connectivity index is 1.43. The van der Waals surface area contributed by atoms with Crippen LogP contribution in [0.25, 0.3) is 11.0 Å². The minimum Gasteiger partial charge on any atom is -0.381 e. The third-order valence-corrected chi connectivity index (χ3v) is 6.48. The lowest BCUT2D eigenvalue weighted by Crippen LogP contribution is -2.58. The van der Waals surface area contributed by atoms with Crippen molar-refractivity contribution in [2.75, 3.05) is 26.3 Å². The molecule has 1 saturated heterocycles. The minimum atomic E-state index is 0.0377. The number of ether oxygens (including phenoxy) is 1. The van der Waals surface area contributed by atoms with Crippen molar-refractivity contribution in [3.63, 3.8) is 0 Å². The Morgan fingerprint density at radius 1 is 1.27 bits per heavy atom. The van der Waals surface area contributed by atoms with Crippen molar-refractivity contribution in [1.29, 1.82) is 0 Å². The van der Waals surface area contributed by atoms with E-state index >= 15 is 0 Å². The molecule has 1 aliphatic carbocycles. The molecule has 2 aromatic rings. The van der Waals surface area contributed by atoms with Crippen molar-refractivity contribution in [1.82, 2.24) is 14.5 Å². The second-order valence-electron chi connectivity index (χ2n) is 8.47. The Labute approximate surface area is 155 Å². The lowest BCUT2D eigenvalue weighted by molar-refractivity contribution is -0.0565. The number of aromatic amines is 1. The van der Waals surface area contributed by atoms with Crippen LogP contribution in [0.15, 0.2) is 23.0 Å². The van der Waals surface area contributed by atoms with Crippen molar-refractivity contribution < 1.29 is 4.74 Å². The molecule has 0 unspecified atom stereocenters. The molecule has 1 aromatic carbocycles. The van der Waals surface area contributed by atoms with Gasteiger partial charge >= 0.3 is 5.69 Å². The van der Waals surface area contributed by atoms with Crippen molar-refractivity contribution >= 4 is 11.0 Å². The Morgan fingerprint density at radius 3 is 2.69 bits per heavy atom. The third kappa shape index (κ3) is 3.12. The molecule has 0 amide bonds. The summed E-state index contributed by atoms with van der Waals surface area (Å²) in [5.41, 5.74) is 3.57. The first-order valence-corrected chi connectivity index (χ1v) is 10.0. The number of imidazole rings is 1. The van der Waals surface area contributed by atoms with Gasteiger partial charge in [-0.2, -0.15) is 0 Å². The third-order valence-electron chi connectivity index (χ3n) is 6.48. The monoisotopic (exact) mass is 357 g/mol. The van der Waals surface area contributed by atoms with Crippen LogP contribution < -0.4 is 5.69 Å². The highest BCUT2D eigenvalue weighted by molar-refractivity contribution is 5.76. The zero-order chi connectivity index (χ0) is 18.3. The summed E-state index contributed by atoms with van der Waals surface area (Å²) >= 11 is 0. The molecule has 5 nitrogen and oxygen atoms in total. The summed E-state index contributed by atoms with van der Waals surface area (Å²) in [4.78, 5) is 18.2. The van der Waals surface area contributed by atoms with Gasteiger partial charge in [0, 0.05) is 37.9 Å². The summed E-state index contributed by atoms with van der Waals surface area (Å²) in [6, 6.07) is 6.51. The van der Waals surface area contributed by atoms with E-state index in [4.69, 9.17) is 4.74 Å². The molecule has 0 atom stereocenters. The fourth-order valence-corrected chi connectivity index (χ4v) is 5.10. The number of rotatable bonds is 5. The Hall–Kier alpha value is -1.59. The first kappa shape index (κ1) is 17.8. The van der Waals surface area contributed by atoms with E-state index in [1.54, 1.807) is 0 Å². The van der Waals surface area contributed by atoms with Gasteiger partial charge in [0.05, 0.1) is 11.0 Å². The molecule has 26 heavy (non-hydrogen) atoms. The second-order valence-corrected chi connectivity index (χ2v) is 8.47. The lowest BCUT2D eigenvalue weighted by Gasteiger charge is -2.54. The predicted octanol–water partition coefficient (Wildman–Crippen LogP) is 3.48. The Bertz CT molecular complexity index is 823. The molecular weight excluding hydrogens is 326 g/mol. The van der Waals surface area contributed by atoms with Gasteiger partial charge in [0.2, 0.25) is 0 Å². The van der Waals surface area contributed by atoms with E-state index in [2.05, 4.69) is 42.8 Å². The van der Waals surface area contributed by atoms with Gasteiger partial charge in [0.15, 0.2) is 0 Å². The first-order valence-electron chi connectivity index (χ1n) is 10.0. The maximum atomic E-state index is 12.5. The van der Waals surface area contributed by atoms with E-state index in [1.165, 1.54) is 18.4 Å². The highest BCUT2D eigenvalue weighted by Crippen LogP contribution is 2.44. The molecule has 2 fully saturated rings. The van der Waals surface area contributed by atoms with Crippen LogP contribution in [0, 0.1) is 12.8 Å². The SMILES string of the molecule is CCOCC1CC(C)(N2CCC(n3c(=O)[nH]c4ccc(C)cc43)CC2)C1. The Morgan fingerprint density at radius 2 is 2.00 bits per heavy atom. The molecule has 1 saturated carbocycles. The number of piperidine rings is 1. The van der Waals surface area contributed by atoms with E-state index in [1.807, 2.05) is 10.6 Å². The van der Waals surface area contributed by atoms with Crippen LogP contribution in [0.3, 0.4) is 0 Å². The number of H-pyrrole nitrogens is 1. The van der Waals surface area contributed by atoms with Crippen LogP contribution in [-0.2, 0) is 4.74 Å². The number of aromatic nitrogens is 2. The average molecular weight is 357 g/mol. The van der Waals surface area contributed by atoms with Gasteiger partial charge in [-0.25, -0.2) is 4.79 Å². The molecule has 1 aliphatic heterocycles. The molecule has 142 valence electrons. The molecule has 4 rings (SSSR count). The van der Waals surface area contributed by atoms with Crippen LogP contribution in [0.5, 0.6) is 0 Å². The van der Waals surface area contributed by atoms with Crippen molar-refractivity contribution in [2.45, 2.75) is 58.0 Å². The molecule has 5 heteroatoms. The van der Waals surface area contributed by atoms with Crippen LogP contribution in [0.2, 0.25) is 0 Å². The number of nitrogens with one attached hydrogen (secondary N) is 1. The molecule has 0 spiro atoms. The summed E-state index contributed by atoms with van der Waals surface area (Å²) in [6.45, 7) is 10.4.